The highest BCUT2D eigenvalue weighted by Gasteiger charge is 2.60. The summed E-state index contributed by atoms with van der Waals surface area (Å²) in [5.74, 6) is -2.76. The quantitative estimate of drug-likeness (QED) is 0.495. The van der Waals surface area contributed by atoms with Crippen LogP contribution in [0.2, 0.25) is 5.02 Å². The van der Waals surface area contributed by atoms with Gasteiger partial charge < -0.3 is 15.5 Å². The molecule has 2 heterocycles. The van der Waals surface area contributed by atoms with Crippen LogP contribution in [0.4, 0.5) is 19.4 Å². The van der Waals surface area contributed by atoms with Gasteiger partial charge in [0.05, 0.1) is 11.6 Å². The van der Waals surface area contributed by atoms with Crippen molar-refractivity contribution in [3.8, 4) is 0 Å². The molecule has 0 bridgehead atoms. The van der Waals surface area contributed by atoms with Crippen molar-refractivity contribution in [3.63, 3.8) is 0 Å². The van der Waals surface area contributed by atoms with Gasteiger partial charge in [-0.2, -0.15) is 0 Å². The summed E-state index contributed by atoms with van der Waals surface area (Å²) in [5.41, 5.74) is 0.506. The van der Waals surface area contributed by atoms with Gasteiger partial charge in [0.25, 0.3) is 0 Å². The van der Waals surface area contributed by atoms with Crippen molar-refractivity contribution in [1.29, 1.82) is 0 Å². The summed E-state index contributed by atoms with van der Waals surface area (Å²) in [6, 6.07) is 1.73. The van der Waals surface area contributed by atoms with Gasteiger partial charge in [0.1, 0.15) is 5.82 Å². The molecule has 3 aliphatic carbocycles. The van der Waals surface area contributed by atoms with Gasteiger partial charge >= 0.3 is 6.03 Å². The second kappa shape index (κ2) is 10.3. The molecule has 0 radical (unpaired) electrons. The van der Waals surface area contributed by atoms with Gasteiger partial charge in [0, 0.05) is 69.3 Å². The van der Waals surface area contributed by atoms with Gasteiger partial charge in [-0.1, -0.05) is 11.6 Å². The summed E-state index contributed by atoms with van der Waals surface area (Å²) in [5, 5.41) is 8.89. The molecule has 1 aromatic heterocycles. The van der Waals surface area contributed by atoms with Crippen molar-refractivity contribution < 1.29 is 23.2 Å². The number of carbonyl (C=O) groups excluding carboxylic acids is 3. The maximum absolute atomic E-state index is 13.5. The Morgan fingerprint density at radius 1 is 1.08 bits per heavy atom. The number of urea groups is 1. The Bertz CT molecular complexity index is 1050. The zero-order valence-electron chi connectivity index (χ0n) is 20.7. The monoisotopic (exact) mass is 538 g/mol. The number of halogens is 3. The molecule has 3 saturated carbocycles. The fourth-order valence-electron chi connectivity index (χ4n) is 5.45. The molecule has 202 valence electrons. The number of alkyl halides is 2. The van der Waals surface area contributed by atoms with E-state index in [0.717, 1.165) is 18.4 Å². The lowest BCUT2D eigenvalue weighted by atomic mass is 9.82. The van der Waals surface area contributed by atoms with Crippen LogP contribution in [0.15, 0.2) is 12.3 Å². The molecule has 37 heavy (non-hydrogen) atoms. The number of hydrogen-bond donors (Lipinski definition) is 3. The summed E-state index contributed by atoms with van der Waals surface area (Å²) in [4.78, 5) is 45.6. The number of hydrogen-bond acceptors (Lipinski definition) is 5. The second-order valence-corrected chi connectivity index (χ2v) is 11.3. The molecule has 4 aliphatic rings. The highest BCUT2D eigenvalue weighted by atomic mass is 35.5. The molecule has 12 heteroatoms. The minimum atomic E-state index is -2.61. The third-order valence-corrected chi connectivity index (χ3v) is 8.30. The number of rotatable bonds is 7. The first kappa shape index (κ1) is 26.1. The predicted octanol–water partition coefficient (Wildman–Crippen LogP) is 2.99. The van der Waals surface area contributed by atoms with E-state index in [0.29, 0.717) is 62.8 Å². The lowest BCUT2D eigenvalue weighted by Crippen LogP contribution is -2.51. The third kappa shape index (κ3) is 6.49. The molecule has 1 aromatic rings. The number of nitrogens with one attached hydrogen (secondary N) is 3. The van der Waals surface area contributed by atoms with Crippen molar-refractivity contribution in [1.82, 2.24) is 25.4 Å². The third-order valence-electron chi connectivity index (χ3n) is 8.09. The van der Waals surface area contributed by atoms with E-state index in [1.54, 1.807) is 11.0 Å². The Morgan fingerprint density at radius 3 is 2.46 bits per heavy atom. The highest BCUT2D eigenvalue weighted by molar-refractivity contribution is 6.30. The van der Waals surface area contributed by atoms with Crippen molar-refractivity contribution >= 4 is 35.3 Å². The first-order chi connectivity index (χ1) is 17.6. The molecule has 1 aliphatic heterocycles. The molecular formula is C25H33ClF2N6O3. The Kier molecular flexibility index (Phi) is 7.28. The predicted molar refractivity (Wildman–Crippen MR) is 133 cm³/mol. The van der Waals surface area contributed by atoms with Crippen LogP contribution in [0.25, 0.3) is 0 Å². The molecule has 1 saturated heterocycles. The summed E-state index contributed by atoms with van der Waals surface area (Å²) < 4.78 is 26.9. The number of pyridine rings is 1. The van der Waals surface area contributed by atoms with E-state index in [1.165, 1.54) is 6.20 Å². The smallest absolute Gasteiger partial charge is 0.320 e. The van der Waals surface area contributed by atoms with Crippen molar-refractivity contribution in [2.75, 3.05) is 38.0 Å². The fourth-order valence-corrected chi connectivity index (χ4v) is 5.63. The van der Waals surface area contributed by atoms with Crippen molar-refractivity contribution in [3.05, 3.63) is 22.8 Å². The summed E-state index contributed by atoms with van der Waals surface area (Å²) in [6.07, 6.45) is 4.55. The van der Waals surface area contributed by atoms with Gasteiger partial charge in [0.15, 0.2) is 0 Å². The first-order valence-corrected chi connectivity index (χ1v) is 13.4. The lowest BCUT2D eigenvalue weighted by molar-refractivity contribution is -0.135. The minimum absolute atomic E-state index is 0.0794. The zero-order valence-corrected chi connectivity index (χ0v) is 21.5. The number of aromatic nitrogens is 1. The molecule has 5 rings (SSSR count). The van der Waals surface area contributed by atoms with E-state index in [-0.39, 0.29) is 54.6 Å². The van der Waals surface area contributed by atoms with Gasteiger partial charge in [-0.25, -0.2) is 18.6 Å². The molecule has 4 fully saturated rings. The SMILES string of the molecule is O=C(Nc1ncc(Cl)cc1CN1CCN(C(=O)CNC(=O)C2CC23CCC(F)(F)CC3)CC1)NC1CC1. The van der Waals surface area contributed by atoms with Gasteiger partial charge in [-0.15, -0.1) is 0 Å². The summed E-state index contributed by atoms with van der Waals surface area (Å²) in [7, 11) is 0. The maximum atomic E-state index is 13.5. The normalized spacial score (nSPS) is 24.4. The average molecular weight is 539 g/mol. The number of amides is 4. The van der Waals surface area contributed by atoms with Gasteiger partial charge in [-0.05, 0) is 43.6 Å². The van der Waals surface area contributed by atoms with Crippen LogP contribution < -0.4 is 16.0 Å². The van der Waals surface area contributed by atoms with Crippen LogP contribution in [0, 0.1) is 11.3 Å². The van der Waals surface area contributed by atoms with E-state index in [1.807, 2.05) is 0 Å². The van der Waals surface area contributed by atoms with Crippen LogP contribution in [0.1, 0.15) is 50.5 Å². The van der Waals surface area contributed by atoms with Gasteiger partial charge in [-0.3, -0.25) is 19.8 Å². The first-order valence-electron chi connectivity index (χ1n) is 13.0. The Labute approximate surface area is 219 Å². The van der Waals surface area contributed by atoms with Crippen molar-refractivity contribution in [2.45, 2.75) is 63.5 Å². The summed E-state index contributed by atoms with van der Waals surface area (Å²) >= 11 is 6.15. The van der Waals surface area contributed by atoms with E-state index >= 15 is 0 Å². The van der Waals surface area contributed by atoms with Gasteiger partial charge in [0.2, 0.25) is 17.7 Å². The molecule has 4 amide bonds. The highest BCUT2D eigenvalue weighted by Crippen LogP contribution is 2.63. The Morgan fingerprint density at radius 2 is 1.78 bits per heavy atom. The van der Waals surface area contributed by atoms with Crippen LogP contribution in [-0.2, 0) is 16.1 Å². The number of carbonyl (C=O) groups is 3. The largest absolute Gasteiger partial charge is 0.347 e. The zero-order chi connectivity index (χ0) is 26.2. The van der Waals surface area contributed by atoms with Crippen LogP contribution >= 0.6 is 11.6 Å². The van der Waals surface area contributed by atoms with E-state index < -0.39 is 5.92 Å². The Balaban J connectivity index is 1.05. The summed E-state index contributed by atoms with van der Waals surface area (Å²) in [6.45, 7) is 2.71. The maximum Gasteiger partial charge on any atom is 0.320 e. The second-order valence-electron chi connectivity index (χ2n) is 10.9. The number of piperazine rings is 1. The number of nitrogens with zero attached hydrogens (tertiary/aromatic N) is 3. The number of anilines is 1. The average Bonchev–Trinajstić information content (AvgIpc) is 3.79. The molecule has 9 nitrogen and oxygen atoms in total. The standard InChI is InChI=1S/C25H33ClF2N6O3/c26-17-11-16(21(29-13-17)32-23(37)31-18-1-2-18)15-33-7-9-34(10-8-33)20(35)14-30-22(36)19-12-24(19)3-5-25(27,28)6-4-24/h11,13,18-19H,1-10,12,14-15H2,(H,30,36)(H2,29,31,32,37). The molecule has 3 N–H and O–H groups in total. The van der Waals surface area contributed by atoms with Crippen LogP contribution in [-0.4, -0.2) is 77.3 Å². The van der Waals surface area contributed by atoms with E-state index in [2.05, 4.69) is 25.8 Å². The fraction of sp³-hybridized carbons (Fsp3) is 0.680. The van der Waals surface area contributed by atoms with E-state index in [9.17, 15) is 23.2 Å². The molecule has 1 atom stereocenters. The van der Waals surface area contributed by atoms with Crippen LogP contribution in [0.5, 0.6) is 0 Å². The minimum Gasteiger partial charge on any atom is -0.347 e. The molecule has 1 unspecified atom stereocenters. The van der Waals surface area contributed by atoms with E-state index in [4.69, 9.17) is 11.6 Å². The van der Waals surface area contributed by atoms with Crippen molar-refractivity contribution in [2.24, 2.45) is 11.3 Å². The van der Waals surface area contributed by atoms with Crippen LogP contribution in [0.3, 0.4) is 0 Å². The molecular weight excluding hydrogens is 506 g/mol. The topological polar surface area (TPSA) is 107 Å². The lowest BCUT2D eigenvalue weighted by Gasteiger charge is -2.35. The molecule has 1 spiro atoms. The Hall–Kier alpha value is -2.53. The molecule has 0 aromatic carbocycles.